The number of aromatic nitrogens is 2. The van der Waals surface area contributed by atoms with Crippen molar-refractivity contribution in [3.05, 3.63) is 11.7 Å². The fraction of sp³-hybridized carbons (Fsp3) is 0.826. The van der Waals surface area contributed by atoms with Crippen molar-refractivity contribution in [2.24, 2.45) is 5.92 Å². The van der Waals surface area contributed by atoms with Crippen molar-refractivity contribution in [3.63, 3.8) is 0 Å². The van der Waals surface area contributed by atoms with Gasteiger partial charge in [0.05, 0.1) is 6.04 Å². The molecule has 2 aliphatic heterocycles. The predicted molar refractivity (Wildman–Crippen MR) is 122 cm³/mol. The number of rotatable bonds is 9. The van der Waals surface area contributed by atoms with E-state index >= 15 is 0 Å². The van der Waals surface area contributed by atoms with Crippen LogP contribution in [0, 0.1) is 5.92 Å². The first-order valence-electron chi connectivity index (χ1n) is 12.2. The van der Waals surface area contributed by atoms with Crippen LogP contribution in [0.15, 0.2) is 4.52 Å². The first-order valence-corrected chi connectivity index (χ1v) is 12.2. The van der Waals surface area contributed by atoms with Gasteiger partial charge in [-0.15, -0.1) is 0 Å². The van der Waals surface area contributed by atoms with Crippen LogP contribution in [-0.4, -0.2) is 70.1 Å². The summed E-state index contributed by atoms with van der Waals surface area (Å²) >= 11 is 0. The molecular formula is C23H40N6O3. The summed E-state index contributed by atoms with van der Waals surface area (Å²) in [5.41, 5.74) is 0. The Bertz CT molecular complexity index is 742. The Morgan fingerprint density at radius 3 is 2.56 bits per heavy atom. The van der Waals surface area contributed by atoms with Crippen molar-refractivity contribution in [2.45, 2.75) is 90.8 Å². The topological polar surface area (TPSA) is 104 Å². The SMILES string of the molecule is CC(C)NC(=O)N1CCCC1c1noc(CCC(=O)NCCC2CCN(C(C)C)CC2)n1. The zero-order chi connectivity index (χ0) is 23.1. The van der Waals surface area contributed by atoms with Gasteiger partial charge in [0.15, 0.2) is 5.82 Å². The summed E-state index contributed by atoms with van der Waals surface area (Å²) in [5, 5.41) is 10.0. The molecule has 0 aromatic carbocycles. The Morgan fingerprint density at radius 2 is 1.88 bits per heavy atom. The maximum Gasteiger partial charge on any atom is 0.318 e. The Hall–Kier alpha value is -2.16. The van der Waals surface area contributed by atoms with Gasteiger partial charge in [0.25, 0.3) is 0 Å². The van der Waals surface area contributed by atoms with Crippen molar-refractivity contribution in [2.75, 3.05) is 26.2 Å². The molecule has 1 aromatic heterocycles. The van der Waals surface area contributed by atoms with E-state index < -0.39 is 0 Å². The average Bonchev–Trinajstić information content (AvgIpc) is 3.41. The fourth-order valence-corrected chi connectivity index (χ4v) is 4.60. The molecular weight excluding hydrogens is 408 g/mol. The number of piperidine rings is 1. The monoisotopic (exact) mass is 448 g/mol. The molecule has 2 aliphatic rings. The molecule has 180 valence electrons. The van der Waals surface area contributed by atoms with E-state index in [9.17, 15) is 9.59 Å². The Kier molecular flexibility index (Phi) is 8.90. The summed E-state index contributed by atoms with van der Waals surface area (Å²) in [6, 6.07) is 0.441. The summed E-state index contributed by atoms with van der Waals surface area (Å²) in [7, 11) is 0. The smallest absolute Gasteiger partial charge is 0.318 e. The molecule has 2 N–H and O–H groups in total. The van der Waals surface area contributed by atoms with E-state index in [0.29, 0.717) is 43.1 Å². The van der Waals surface area contributed by atoms with Gasteiger partial charge < -0.3 is 25.0 Å². The molecule has 2 saturated heterocycles. The Balaban J connectivity index is 1.37. The first kappa shape index (κ1) is 24.5. The van der Waals surface area contributed by atoms with E-state index in [-0.39, 0.29) is 24.0 Å². The van der Waals surface area contributed by atoms with Gasteiger partial charge in [-0.25, -0.2) is 4.79 Å². The molecule has 1 atom stereocenters. The number of carbonyl (C=O) groups is 2. The molecule has 3 amide bonds. The lowest BCUT2D eigenvalue weighted by Crippen LogP contribution is -2.42. The van der Waals surface area contributed by atoms with Crippen molar-refractivity contribution < 1.29 is 14.1 Å². The van der Waals surface area contributed by atoms with E-state index in [2.05, 4.69) is 39.5 Å². The van der Waals surface area contributed by atoms with Gasteiger partial charge >= 0.3 is 6.03 Å². The second-order valence-electron chi connectivity index (χ2n) is 9.71. The number of likely N-dealkylation sites (tertiary alicyclic amines) is 2. The van der Waals surface area contributed by atoms with Crippen LogP contribution in [0.3, 0.4) is 0 Å². The molecule has 0 aliphatic carbocycles. The number of nitrogens with zero attached hydrogens (tertiary/aromatic N) is 4. The van der Waals surface area contributed by atoms with Crippen molar-refractivity contribution in [3.8, 4) is 0 Å². The van der Waals surface area contributed by atoms with Gasteiger partial charge in [0, 0.05) is 38.0 Å². The number of carbonyl (C=O) groups excluding carboxylic acids is 2. The number of hydrogen-bond acceptors (Lipinski definition) is 6. The quantitative estimate of drug-likeness (QED) is 0.602. The van der Waals surface area contributed by atoms with Crippen LogP contribution in [0.2, 0.25) is 0 Å². The summed E-state index contributed by atoms with van der Waals surface area (Å²) in [4.78, 5) is 33.4. The number of amides is 3. The minimum Gasteiger partial charge on any atom is -0.356 e. The second-order valence-corrected chi connectivity index (χ2v) is 9.71. The molecule has 32 heavy (non-hydrogen) atoms. The standard InChI is InChI=1S/C23H40N6O3/c1-16(2)25-23(31)29-13-5-6-19(29)22-26-21(32-27-22)8-7-20(30)24-12-9-18-10-14-28(15-11-18)17(3)4/h16-19H,5-15H2,1-4H3,(H,24,30)(H,25,31). The van der Waals surface area contributed by atoms with Crippen LogP contribution in [0.4, 0.5) is 4.79 Å². The van der Waals surface area contributed by atoms with Crippen LogP contribution in [0.5, 0.6) is 0 Å². The maximum absolute atomic E-state index is 12.4. The highest BCUT2D eigenvalue weighted by Crippen LogP contribution is 2.30. The zero-order valence-electron chi connectivity index (χ0n) is 20.1. The Labute approximate surface area is 191 Å². The van der Waals surface area contributed by atoms with Crippen molar-refractivity contribution in [1.29, 1.82) is 0 Å². The minimum atomic E-state index is -0.165. The zero-order valence-corrected chi connectivity index (χ0v) is 20.1. The number of hydrogen-bond donors (Lipinski definition) is 2. The molecule has 1 aromatic rings. The summed E-state index contributed by atoms with van der Waals surface area (Å²) in [6.45, 7) is 12.1. The summed E-state index contributed by atoms with van der Waals surface area (Å²) < 4.78 is 5.36. The third-order valence-electron chi connectivity index (χ3n) is 6.53. The lowest BCUT2D eigenvalue weighted by atomic mass is 9.93. The van der Waals surface area contributed by atoms with Crippen LogP contribution < -0.4 is 10.6 Å². The van der Waals surface area contributed by atoms with Gasteiger partial charge in [0.2, 0.25) is 11.8 Å². The van der Waals surface area contributed by atoms with E-state index in [1.807, 2.05) is 13.8 Å². The third-order valence-corrected chi connectivity index (χ3v) is 6.53. The molecule has 3 rings (SSSR count). The van der Waals surface area contributed by atoms with E-state index in [4.69, 9.17) is 4.52 Å². The molecule has 0 saturated carbocycles. The fourth-order valence-electron chi connectivity index (χ4n) is 4.60. The van der Waals surface area contributed by atoms with Gasteiger partial charge in [0.1, 0.15) is 0 Å². The molecule has 0 spiro atoms. The van der Waals surface area contributed by atoms with Crippen LogP contribution in [-0.2, 0) is 11.2 Å². The molecule has 3 heterocycles. The normalized spacial score (nSPS) is 20.3. The van der Waals surface area contributed by atoms with Gasteiger partial charge in [-0.05, 0) is 78.8 Å². The van der Waals surface area contributed by atoms with Gasteiger partial charge in [-0.2, -0.15) is 4.98 Å². The van der Waals surface area contributed by atoms with E-state index in [1.165, 1.54) is 12.8 Å². The van der Waals surface area contributed by atoms with E-state index in [0.717, 1.165) is 38.9 Å². The number of urea groups is 1. The number of nitrogens with one attached hydrogen (secondary N) is 2. The van der Waals surface area contributed by atoms with E-state index in [1.54, 1.807) is 4.90 Å². The van der Waals surface area contributed by atoms with Crippen LogP contribution in [0.1, 0.15) is 84.0 Å². The lowest BCUT2D eigenvalue weighted by molar-refractivity contribution is -0.121. The largest absolute Gasteiger partial charge is 0.356 e. The van der Waals surface area contributed by atoms with Crippen molar-refractivity contribution >= 4 is 11.9 Å². The molecule has 2 fully saturated rings. The third kappa shape index (κ3) is 6.92. The first-order chi connectivity index (χ1) is 15.3. The molecule has 0 radical (unpaired) electrons. The van der Waals surface area contributed by atoms with Crippen LogP contribution in [0.25, 0.3) is 0 Å². The minimum absolute atomic E-state index is 0.0168. The Morgan fingerprint density at radius 1 is 1.12 bits per heavy atom. The molecule has 0 bridgehead atoms. The predicted octanol–water partition coefficient (Wildman–Crippen LogP) is 2.88. The average molecular weight is 449 g/mol. The summed E-state index contributed by atoms with van der Waals surface area (Å²) in [5.74, 6) is 1.70. The molecule has 9 nitrogen and oxygen atoms in total. The van der Waals surface area contributed by atoms with Gasteiger partial charge in [-0.3, -0.25) is 4.79 Å². The lowest BCUT2D eigenvalue weighted by Gasteiger charge is -2.34. The van der Waals surface area contributed by atoms with Gasteiger partial charge in [-0.1, -0.05) is 5.16 Å². The highest BCUT2D eigenvalue weighted by Gasteiger charge is 2.33. The highest BCUT2D eigenvalue weighted by molar-refractivity contribution is 5.76. The van der Waals surface area contributed by atoms with Crippen LogP contribution >= 0.6 is 0 Å². The van der Waals surface area contributed by atoms with Crippen molar-refractivity contribution in [1.82, 2.24) is 30.6 Å². The highest BCUT2D eigenvalue weighted by atomic mass is 16.5. The molecule has 1 unspecified atom stereocenters. The summed E-state index contributed by atoms with van der Waals surface area (Å²) in [6.07, 6.45) is 5.95. The maximum atomic E-state index is 12.4. The second kappa shape index (κ2) is 11.6. The number of aryl methyl sites for hydroxylation is 1. The molecule has 9 heteroatoms.